The summed E-state index contributed by atoms with van der Waals surface area (Å²) in [6.07, 6.45) is 7.26. The van der Waals surface area contributed by atoms with Crippen LogP contribution in [0.15, 0.2) is 84.3 Å². The number of benzene rings is 2. The molecule has 0 radical (unpaired) electrons. The third kappa shape index (κ3) is 3.25. The minimum Gasteiger partial charge on any atom is -0.267 e. The average Bonchev–Trinajstić information content (AvgIpc) is 2.79. The Morgan fingerprint density at radius 3 is 2.55 bits per heavy atom. The second kappa shape index (κ2) is 7.24. The zero-order chi connectivity index (χ0) is 19.6. The fourth-order valence-corrected chi connectivity index (χ4v) is 3.54. The first-order chi connectivity index (χ1) is 14.3. The average molecular weight is 379 g/mol. The lowest BCUT2D eigenvalue weighted by molar-refractivity contribution is 0.580. The van der Waals surface area contributed by atoms with Crippen LogP contribution in [-0.4, -0.2) is 24.7 Å². The van der Waals surface area contributed by atoms with Crippen molar-refractivity contribution in [3.8, 4) is 11.1 Å². The molecule has 0 spiro atoms. The van der Waals surface area contributed by atoms with Gasteiger partial charge in [-0.25, -0.2) is 14.6 Å². The molecule has 29 heavy (non-hydrogen) atoms. The number of fused-ring (bicyclic) bond motifs is 2. The molecular weight excluding hydrogens is 362 g/mol. The number of hydrogen-bond donors (Lipinski definition) is 0. The molecule has 140 valence electrons. The molecule has 5 rings (SSSR count). The Kier molecular flexibility index (Phi) is 4.29. The summed E-state index contributed by atoms with van der Waals surface area (Å²) in [5.41, 5.74) is 3.39. The van der Waals surface area contributed by atoms with E-state index >= 15 is 0 Å². The Morgan fingerprint density at radius 2 is 1.66 bits per heavy atom. The monoisotopic (exact) mass is 379 g/mol. The van der Waals surface area contributed by atoms with Crippen LogP contribution in [0.1, 0.15) is 5.69 Å². The summed E-state index contributed by atoms with van der Waals surface area (Å²) in [7, 11) is 0. The van der Waals surface area contributed by atoms with Crippen molar-refractivity contribution in [2.24, 2.45) is 0 Å². The normalized spacial score (nSPS) is 11.2. The van der Waals surface area contributed by atoms with Gasteiger partial charge in [0.05, 0.1) is 23.6 Å². The Morgan fingerprint density at radius 1 is 0.828 bits per heavy atom. The van der Waals surface area contributed by atoms with Crippen LogP contribution in [0.3, 0.4) is 0 Å². The van der Waals surface area contributed by atoms with Crippen molar-refractivity contribution in [1.82, 2.24) is 24.7 Å². The van der Waals surface area contributed by atoms with Crippen molar-refractivity contribution in [1.29, 1.82) is 0 Å². The standard InChI is InChI=1S/C23H17N5O/c29-23-22-17(5-3-6-20(22)18-12-24-15-25-13-18)14-26-28(23)11-10-19-9-8-16-4-1-2-7-21(16)27-19/h1-9,12-15H,10-11H2. The summed E-state index contributed by atoms with van der Waals surface area (Å²) in [5, 5.41) is 6.90. The van der Waals surface area contributed by atoms with Crippen LogP contribution in [0, 0.1) is 0 Å². The maximum absolute atomic E-state index is 13.2. The summed E-state index contributed by atoms with van der Waals surface area (Å²) < 4.78 is 1.51. The molecule has 2 aromatic carbocycles. The lowest BCUT2D eigenvalue weighted by Crippen LogP contribution is -2.24. The highest BCUT2D eigenvalue weighted by atomic mass is 16.1. The Hall–Kier alpha value is -3.93. The molecule has 6 heteroatoms. The van der Waals surface area contributed by atoms with Crippen molar-refractivity contribution in [2.75, 3.05) is 0 Å². The van der Waals surface area contributed by atoms with Gasteiger partial charge in [-0.05, 0) is 17.7 Å². The summed E-state index contributed by atoms with van der Waals surface area (Å²) in [6, 6.07) is 17.8. The minimum atomic E-state index is -0.122. The van der Waals surface area contributed by atoms with Crippen LogP contribution in [0.5, 0.6) is 0 Å². The number of nitrogens with zero attached hydrogens (tertiary/aromatic N) is 5. The van der Waals surface area contributed by atoms with Crippen LogP contribution < -0.4 is 5.56 Å². The molecule has 0 aliphatic carbocycles. The topological polar surface area (TPSA) is 73.6 Å². The van der Waals surface area contributed by atoms with Crippen LogP contribution in [0.4, 0.5) is 0 Å². The van der Waals surface area contributed by atoms with Gasteiger partial charge in [-0.15, -0.1) is 0 Å². The van der Waals surface area contributed by atoms with E-state index in [1.807, 2.05) is 48.5 Å². The van der Waals surface area contributed by atoms with E-state index < -0.39 is 0 Å². The highest BCUT2D eigenvalue weighted by Gasteiger charge is 2.11. The first-order valence-electron chi connectivity index (χ1n) is 9.38. The van der Waals surface area contributed by atoms with Gasteiger partial charge in [-0.3, -0.25) is 9.78 Å². The van der Waals surface area contributed by atoms with Crippen molar-refractivity contribution in [3.63, 3.8) is 0 Å². The van der Waals surface area contributed by atoms with Gasteiger partial charge in [-0.1, -0.05) is 42.5 Å². The number of pyridine rings is 1. The fourth-order valence-electron chi connectivity index (χ4n) is 3.54. The molecule has 0 fully saturated rings. The van der Waals surface area contributed by atoms with Crippen molar-refractivity contribution in [3.05, 3.63) is 95.6 Å². The summed E-state index contributed by atoms with van der Waals surface area (Å²) in [6.45, 7) is 0.458. The number of para-hydroxylation sites is 1. The van der Waals surface area contributed by atoms with E-state index in [9.17, 15) is 4.79 Å². The highest BCUT2D eigenvalue weighted by Crippen LogP contribution is 2.24. The van der Waals surface area contributed by atoms with Gasteiger partial charge in [0.15, 0.2) is 0 Å². The highest BCUT2D eigenvalue weighted by molar-refractivity contribution is 5.95. The Bertz CT molecular complexity index is 1380. The second-order valence-corrected chi connectivity index (χ2v) is 6.82. The maximum Gasteiger partial charge on any atom is 0.275 e. The molecular formula is C23H17N5O. The molecule has 0 aliphatic heterocycles. The molecule has 3 heterocycles. The zero-order valence-electron chi connectivity index (χ0n) is 15.6. The predicted molar refractivity (Wildman–Crippen MR) is 112 cm³/mol. The van der Waals surface area contributed by atoms with Crippen LogP contribution in [0.25, 0.3) is 32.8 Å². The van der Waals surface area contributed by atoms with Gasteiger partial charge in [0.2, 0.25) is 0 Å². The quantitative estimate of drug-likeness (QED) is 0.477. The molecule has 0 saturated heterocycles. The van der Waals surface area contributed by atoms with Crippen LogP contribution >= 0.6 is 0 Å². The van der Waals surface area contributed by atoms with Gasteiger partial charge in [0.1, 0.15) is 6.33 Å². The lowest BCUT2D eigenvalue weighted by Gasteiger charge is -2.09. The van der Waals surface area contributed by atoms with Gasteiger partial charge in [-0.2, -0.15) is 5.10 Å². The smallest absolute Gasteiger partial charge is 0.267 e. The number of aryl methyl sites for hydroxylation is 2. The third-order valence-electron chi connectivity index (χ3n) is 4.99. The Labute approximate surface area is 166 Å². The SMILES string of the molecule is O=c1c2c(-c3cncnc3)cccc2cnn1CCc1ccc2ccccc2n1. The van der Waals surface area contributed by atoms with E-state index in [-0.39, 0.29) is 5.56 Å². The second-order valence-electron chi connectivity index (χ2n) is 6.82. The van der Waals surface area contributed by atoms with E-state index in [1.54, 1.807) is 18.6 Å². The summed E-state index contributed by atoms with van der Waals surface area (Å²) >= 11 is 0. The van der Waals surface area contributed by atoms with E-state index in [0.29, 0.717) is 18.4 Å². The number of hydrogen-bond acceptors (Lipinski definition) is 5. The maximum atomic E-state index is 13.2. The molecule has 3 aromatic heterocycles. The summed E-state index contributed by atoms with van der Waals surface area (Å²) in [4.78, 5) is 26.0. The van der Waals surface area contributed by atoms with E-state index in [1.165, 1.54) is 11.0 Å². The van der Waals surface area contributed by atoms with Crippen LogP contribution in [0.2, 0.25) is 0 Å². The number of aromatic nitrogens is 5. The van der Waals surface area contributed by atoms with E-state index in [2.05, 4.69) is 26.1 Å². The molecule has 0 atom stereocenters. The van der Waals surface area contributed by atoms with E-state index in [0.717, 1.165) is 33.1 Å². The van der Waals surface area contributed by atoms with E-state index in [4.69, 9.17) is 0 Å². The molecule has 0 N–H and O–H groups in total. The molecule has 6 nitrogen and oxygen atoms in total. The molecule has 0 bridgehead atoms. The summed E-state index contributed by atoms with van der Waals surface area (Å²) in [5.74, 6) is 0. The van der Waals surface area contributed by atoms with Gasteiger partial charge >= 0.3 is 0 Å². The van der Waals surface area contributed by atoms with Crippen molar-refractivity contribution < 1.29 is 0 Å². The minimum absolute atomic E-state index is 0.122. The molecule has 0 unspecified atom stereocenters. The first kappa shape index (κ1) is 17.2. The Balaban J connectivity index is 1.52. The lowest BCUT2D eigenvalue weighted by atomic mass is 10.0. The van der Waals surface area contributed by atoms with Crippen molar-refractivity contribution >= 4 is 21.7 Å². The fraction of sp³-hybridized carbons (Fsp3) is 0.0870. The molecule has 0 aliphatic rings. The third-order valence-corrected chi connectivity index (χ3v) is 4.99. The predicted octanol–water partition coefficient (Wildman–Crippen LogP) is 3.64. The van der Waals surface area contributed by atoms with Crippen molar-refractivity contribution in [2.45, 2.75) is 13.0 Å². The first-order valence-corrected chi connectivity index (χ1v) is 9.38. The zero-order valence-corrected chi connectivity index (χ0v) is 15.6. The molecule has 5 aromatic rings. The largest absolute Gasteiger partial charge is 0.275 e. The van der Waals surface area contributed by atoms with Crippen LogP contribution in [-0.2, 0) is 13.0 Å². The molecule has 0 amide bonds. The molecule has 0 saturated carbocycles. The van der Waals surface area contributed by atoms with Gasteiger partial charge < -0.3 is 0 Å². The van der Waals surface area contributed by atoms with Gasteiger partial charge in [0.25, 0.3) is 5.56 Å². The number of rotatable bonds is 4. The van der Waals surface area contributed by atoms with Gasteiger partial charge in [0, 0.05) is 40.8 Å².